The fourth-order valence-electron chi connectivity index (χ4n) is 3.04. The molecular formula is C21H28N2O3S. The molecule has 0 aromatic heterocycles. The van der Waals surface area contributed by atoms with Crippen LogP contribution in [0.3, 0.4) is 0 Å². The monoisotopic (exact) mass is 388 g/mol. The molecular weight excluding hydrogens is 360 g/mol. The number of aryl methyl sites for hydroxylation is 1. The highest BCUT2D eigenvalue weighted by atomic mass is 32.2. The number of rotatable bonds is 10. The summed E-state index contributed by atoms with van der Waals surface area (Å²) < 4.78 is 27.0. The van der Waals surface area contributed by atoms with Crippen molar-refractivity contribution in [3.63, 3.8) is 0 Å². The lowest BCUT2D eigenvalue weighted by atomic mass is 10.1. The van der Waals surface area contributed by atoms with E-state index in [4.69, 9.17) is 0 Å². The molecule has 1 atom stereocenters. The first kappa shape index (κ1) is 21.1. The van der Waals surface area contributed by atoms with Gasteiger partial charge in [0.2, 0.25) is 15.9 Å². The summed E-state index contributed by atoms with van der Waals surface area (Å²) in [7, 11) is -3.35. The number of hydrogen-bond acceptors (Lipinski definition) is 3. The smallest absolute Gasteiger partial charge is 0.219 e. The van der Waals surface area contributed by atoms with Gasteiger partial charge in [0.25, 0.3) is 0 Å². The van der Waals surface area contributed by atoms with Gasteiger partial charge in [0, 0.05) is 20.0 Å². The van der Waals surface area contributed by atoms with E-state index >= 15 is 0 Å². The topological polar surface area (TPSA) is 66.5 Å². The minimum absolute atomic E-state index is 0.0744. The Morgan fingerprint density at radius 2 is 1.63 bits per heavy atom. The third-order valence-electron chi connectivity index (χ3n) is 4.55. The predicted molar refractivity (Wildman–Crippen MR) is 109 cm³/mol. The van der Waals surface area contributed by atoms with Crippen molar-refractivity contribution >= 4 is 15.9 Å². The summed E-state index contributed by atoms with van der Waals surface area (Å²) in [6, 6.07) is 19.5. The average molecular weight is 389 g/mol. The molecule has 6 heteroatoms. The zero-order chi connectivity index (χ0) is 19.7. The molecule has 5 nitrogen and oxygen atoms in total. The molecule has 0 aliphatic rings. The van der Waals surface area contributed by atoms with Crippen molar-refractivity contribution in [2.24, 2.45) is 0 Å². The number of carbonyl (C=O) groups excluding carboxylic acids is 1. The molecule has 1 amide bonds. The molecule has 2 rings (SSSR count). The number of sulfonamides is 1. The molecule has 0 bridgehead atoms. The number of carbonyl (C=O) groups is 1. The lowest BCUT2D eigenvalue weighted by molar-refractivity contribution is -0.130. The van der Waals surface area contributed by atoms with E-state index in [1.165, 1.54) is 6.92 Å². The summed E-state index contributed by atoms with van der Waals surface area (Å²) in [5.41, 5.74) is 2.16. The second kappa shape index (κ2) is 10.2. The highest BCUT2D eigenvalue weighted by Gasteiger charge is 2.19. The molecule has 0 aliphatic heterocycles. The van der Waals surface area contributed by atoms with Crippen LogP contribution in [0.2, 0.25) is 0 Å². The average Bonchev–Trinajstić information content (AvgIpc) is 2.66. The van der Waals surface area contributed by atoms with Gasteiger partial charge in [-0.05, 0) is 30.9 Å². The van der Waals surface area contributed by atoms with Gasteiger partial charge in [-0.1, -0.05) is 60.7 Å². The number of hydrogen-bond donors (Lipinski definition) is 1. The molecule has 0 spiro atoms. The van der Waals surface area contributed by atoms with Crippen LogP contribution in [0.4, 0.5) is 0 Å². The molecule has 0 saturated heterocycles. The Labute approximate surface area is 162 Å². The van der Waals surface area contributed by atoms with Gasteiger partial charge in [-0.2, -0.15) is 0 Å². The SMILES string of the molecule is CC(=O)N(CCNS(=O)(=O)CCCc1ccccc1)C(C)c1ccccc1. The quantitative estimate of drug-likeness (QED) is 0.680. The predicted octanol–water partition coefficient (Wildman–Crippen LogP) is 3.15. The Bertz CT molecular complexity index is 808. The van der Waals surface area contributed by atoms with Crippen LogP contribution in [0.1, 0.15) is 37.4 Å². The van der Waals surface area contributed by atoms with Crippen LogP contribution in [-0.4, -0.2) is 38.1 Å². The Morgan fingerprint density at radius 1 is 1.04 bits per heavy atom. The fourth-order valence-corrected chi connectivity index (χ4v) is 4.11. The minimum Gasteiger partial charge on any atom is -0.335 e. The molecule has 2 aromatic carbocycles. The molecule has 1 N–H and O–H groups in total. The zero-order valence-corrected chi connectivity index (χ0v) is 16.8. The molecule has 0 saturated carbocycles. The zero-order valence-electron chi connectivity index (χ0n) is 16.0. The van der Waals surface area contributed by atoms with Gasteiger partial charge in [-0.3, -0.25) is 4.79 Å². The molecule has 0 radical (unpaired) electrons. The number of nitrogens with one attached hydrogen (secondary N) is 1. The van der Waals surface area contributed by atoms with Crippen LogP contribution in [-0.2, 0) is 21.2 Å². The summed E-state index contributed by atoms with van der Waals surface area (Å²) in [5.74, 6) is 0.00515. The molecule has 1 unspecified atom stereocenters. The fraction of sp³-hybridized carbons (Fsp3) is 0.381. The van der Waals surface area contributed by atoms with Gasteiger partial charge in [0.05, 0.1) is 11.8 Å². The lowest BCUT2D eigenvalue weighted by Gasteiger charge is -2.28. The summed E-state index contributed by atoms with van der Waals surface area (Å²) in [5, 5.41) is 0. The highest BCUT2D eigenvalue weighted by molar-refractivity contribution is 7.89. The van der Waals surface area contributed by atoms with Crippen molar-refractivity contribution in [3.8, 4) is 0 Å². The molecule has 0 fully saturated rings. The standard InChI is InChI=1S/C21H28N2O3S/c1-18(21-13-7-4-8-14-21)23(19(2)24)16-15-22-27(25,26)17-9-12-20-10-5-3-6-11-20/h3-8,10-11,13-14,18,22H,9,12,15-17H2,1-2H3. The highest BCUT2D eigenvalue weighted by Crippen LogP contribution is 2.19. The summed E-state index contributed by atoms with van der Waals surface area (Å²) >= 11 is 0. The molecule has 27 heavy (non-hydrogen) atoms. The van der Waals surface area contributed by atoms with Crippen molar-refractivity contribution in [3.05, 3.63) is 71.8 Å². The van der Waals surface area contributed by atoms with Crippen LogP contribution >= 0.6 is 0 Å². The normalized spacial score (nSPS) is 12.5. The third-order valence-corrected chi connectivity index (χ3v) is 6.02. The van der Waals surface area contributed by atoms with Crippen LogP contribution in [0.25, 0.3) is 0 Å². The van der Waals surface area contributed by atoms with Crippen LogP contribution in [0, 0.1) is 0 Å². The largest absolute Gasteiger partial charge is 0.335 e. The number of amides is 1. The van der Waals surface area contributed by atoms with Gasteiger partial charge >= 0.3 is 0 Å². The van der Waals surface area contributed by atoms with Crippen molar-refractivity contribution < 1.29 is 13.2 Å². The van der Waals surface area contributed by atoms with E-state index < -0.39 is 10.0 Å². The van der Waals surface area contributed by atoms with E-state index in [9.17, 15) is 13.2 Å². The van der Waals surface area contributed by atoms with Crippen LogP contribution in [0.15, 0.2) is 60.7 Å². The first-order chi connectivity index (χ1) is 12.9. The molecule has 0 aliphatic carbocycles. The van der Waals surface area contributed by atoms with Crippen molar-refractivity contribution in [1.29, 1.82) is 0 Å². The van der Waals surface area contributed by atoms with E-state index in [0.29, 0.717) is 13.0 Å². The Kier molecular flexibility index (Phi) is 8.00. The first-order valence-corrected chi connectivity index (χ1v) is 10.9. The molecule has 0 heterocycles. The maximum atomic E-state index is 12.2. The maximum Gasteiger partial charge on any atom is 0.219 e. The Balaban J connectivity index is 1.81. The van der Waals surface area contributed by atoms with Gasteiger partial charge in [0.15, 0.2) is 0 Å². The number of benzene rings is 2. The molecule has 2 aromatic rings. The van der Waals surface area contributed by atoms with E-state index in [1.807, 2.05) is 67.6 Å². The van der Waals surface area contributed by atoms with E-state index in [1.54, 1.807) is 4.90 Å². The van der Waals surface area contributed by atoms with Gasteiger partial charge in [0.1, 0.15) is 0 Å². The third kappa shape index (κ3) is 7.15. The van der Waals surface area contributed by atoms with Gasteiger partial charge in [-0.25, -0.2) is 13.1 Å². The second-order valence-corrected chi connectivity index (χ2v) is 8.53. The maximum absolute atomic E-state index is 12.2. The van der Waals surface area contributed by atoms with Crippen molar-refractivity contribution in [2.75, 3.05) is 18.8 Å². The summed E-state index contributed by atoms with van der Waals surface area (Å²) in [6.45, 7) is 4.01. The Hall–Kier alpha value is -2.18. The van der Waals surface area contributed by atoms with Crippen molar-refractivity contribution in [1.82, 2.24) is 9.62 Å². The van der Waals surface area contributed by atoms with Gasteiger partial charge < -0.3 is 4.90 Å². The minimum atomic E-state index is -3.35. The lowest BCUT2D eigenvalue weighted by Crippen LogP contribution is -2.39. The van der Waals surface area contributed by atoms with Crippen LogP contribution < -0.4 is 4.72 Å². The van der Waals surface area contributed by atoms with Crippen LogP contribution in [0.5, 0.6) is 0 Å². The molecule has 146 valence electrons. The summed E-state index contributed by atoms with van der Waals surface area (Å²) in [6.07, 6.45) is 1.29. The van der Waals surface area contributed by atoms with E-state index in [-0.39, 0.29) is 24.2 Å². The van der Waals surface area contributed by atoms with E-state index in [2.05, 4.69) is 4.72 Å². The van der Waals surface area contributed by atoms with Gasteiger partial charge in [-0.15, -0.1) is 0 Å². The second-order valence-electron chi connectivity index (χ2n) is 6.60. The first-order valence-electron chi connectivity index (χ1n) is 9.22. The Morgan fingerprint density at radius 3 is 2.22 bits per heavy atom. The number of nitrogens with zero attached hydrogens (tertiary/aromatic N) is 1. The van der Waals surface area contributed by atoms with E-state index in [0.717, 1.165) is 17.5 Å². The van der Waals surface area contributed by atoms with Crippen molar-refractivity contribution in [2.45, 2.75) is 32.7 Å². The summed E-state index contributed by atoms with van der Waals surface area (Å²) in [4.78, 5) is 13.7.